The molecule has 146 valence electrons. The maximum atomic E-state index is 14.3. The molecule has 4 nitrogen and oxygen atoms in total. The number of halogens is 2. The Labute approximate surface area is 157 Å². The van der Waals surface area contributed by atoms with Gasteiger partial charge in [0.05, 0.1) is 37.6 Å². The SMILES string of the molecule is CC(O)C1CC(COCc2ccccc2)OCC1(N)c1ccc(F)cc1F. The summed E-state index contributed by atoms with van der Waals surface area (Å²) >= 11 is 0. The van der Waals surface area contributed by atoms with E-state index in [4.69, 9.17) is 15.2 Å². The van der Waals surface area contributed by atoms with Crippen molar-refractivity contribution in [3.63, 3.8) is 0 Å². The largest absolute Gasteiger partial charge is 0.393 e. The van der Waals surface area contributed by atoms with Crippen LogP contribution in [0, 0.1) is 17.6 Å². The summed E-state index contributed by atoms with van der Waals surface area (Å²) in [7, 11) is 0. The monoisotopic (exact) mass is 377 g/mol. The Kier molecular flexibility index (Phi) is 6.22. The zero-order valence-electron chi connectivity index (χ0n) is 15.3. The quantitative estimate of drug-likeness (QED) is 0.812. The molecule has 0 aliphatic carbocycles. The van der Waals surface area contributed by atoms with E-state index in [0.29, 0.717) is 19.6 Å². The molecule has 0 radical (unpaired) electrons. The van der Waals surface area contributed by atoms with Crippen LogP contribution in [0.3, 0.4) is 0 Å². The minimum Gasteiger partial charge on any atom is -0.393 e. The van der Waals surface area contributed by atoms with Crippen molar-refractivity contribution in [3.8, 4) is 0 Å². The van der Waals surface area contributed by atoms with E-state index in [1.54, 1.807) is 6.92 Å². The zero-order valence-corrected chi connectivity index (χ0v) is 15.3. The van der Waals surface area contributed by atoms with Crippen molar-refractivity contribution >= 4 is 0 Å². The molecule has 0 amide bonds. The van der Waals surface area contributed by atoms with E-state index in [2.05, 4.69) is 0 Å². The molecule has 0 spiro atoms. The Balaban J connectivity index is 1.67. The second kappa shape index (κ2) is 8.44. The molecular weight excluding hydrogens is 352 g/mol. The molecule has 1 saturated heterocycles. The average molecular weight is 377 g/mol. The van der Waals surface area contributed by atoms with Crippen molar-refractivity contribution in [3.05, 3.63) is 71.3 Å². The van der Waals surface area contributed by atoms with Gasteiger partial charge in [-0.3, -0.25) is 0 Å². The highest BCUT2D eigenvalue weighted by molar-refractivity contribution is 5.29. The van der Waals surface area contributed by atoms with Gasteiger partial charge in [-0.1, -0.05) is 36.4 Å². The predicted molar refractivity (Wildman–Crippen MR) is 97.8 cm³/mol. The smallest absolute Gasteiger partial charge is 0.131 e. The van der Waals surface area contributed by atoms with Gasteiger partial charge in [-0.15, -0.1) is 0 Å². The summed E-state index contributed by atoms with van der Waals surface area (Å²) in [6, 6.07) is 13.1. The first kappa shape index (κ1) is 19.9. The Bertz CT molecular complexity index is 756. The molecule has 3 rings (SSSR count). The van der Waals surface area contributed by atoms with Crippen LogP contribution in [-0.2, 0) is 21.6 Å². The minimum absolute atomic E-state index is 0.0183. The first-order valence-corrected chi connectivity index (χ1v) is 9.06. The first-order valence-electron chi connectivity index (χ1n) is 9.06. The molecule has 4 unspecified atom stereocenters. The predicted octanol–water partition coefficient (Wildman–Crippen LogP) is 3.12. The van der Waals surface area contributed by atoms with Crippen LogP contribution in [0.15, 0.2) is 48.5 Å². The fraction of sp³-hybridized carbons (Fsp3) is 0.429. The molecule has 1 aliphatic heterocycles. The van der Waals surface area contributed by atoms with Gasteiger partial charge < -0.3 is 20.3 Å². The number of benzene rings is 2. The lowest BCUT2D eigenvalue weighted by atomic mass is 9.72. The van der Waals surface area contributed by atoms with Gasteiger partial charge in [0.1, 0.15) is 11.6 Å². The third-order valence-electron chi connectivity index (χ3n) is 5.17. The third kappa shape index (κ3) is 4.52. The van der Waals surface area contributed by atoms with E-state index in [9.17, 15) is 13.9 Å². The van der Waals surface area contributed by atoms with Crippen molar-refractivity contribution < 1.29 is 23.4 Å². The lowest BCUT2D eigenvalue weighted by molar-refractivity contribution is -0.119. The Morgan fingerprint density at radius 3 is 2.67 bits per heavy atom. The Morgan fingerprint density at radius 1 is 1.26 bits per heavy atom. The van der Waals surface area contributed by atoms with Gasteiger partial charge in [-0.25, -0.2) is 8.78 Å². The number of aliphatic hydroxyl groups excluding tert-OH is 1. The fourth-order valence-electron chi connectivity index (χ4n) is 3.69. The van der Waals surface area contributed by atoms with Crippen LogP contribution in [0.25, 0.3) is 0 Å². The molecule has 2 aromatic carbocycles. The molecule has 0 saturated carbocycles. The zero-order chi connectivity index (χ0) is 19.4. The summed E-state index contributed by atoms with van der Waals surface area (Å²) in [6.45, 7) is 2.45. The highest BCUT2D eigenvalue weighted by atomic mass is 19.1. The van der Waals surface area contributed by atoms with Crippen molar-refractivity contribution in [1.29, 1.82) is 0 Å². The number of hydrogen-bond donors (Lipinski definition) is 2. The molecule has 0 aromatic heterocycles. The lowest BCUT2D eigenvalue weighted by Crippen LogP contribution is -2.57. The summed E-state index contributed by atoms with van der Waals surface area (Å²) in [5.41, 5.74) is 6.44. The molecule has 1 fully saturated rings. The summed E-state index contributed by atoms with van der Waals surface area (Å²) in [6.07, 6.45) is -0.617. The maximum absolute atomic E-state index is 14.3. The van der Waals surface area contributed by atoms with Gasteiger partial charge in [-0.05, 0) is 25.0 Å². The molecule has 3 N–H and O–H groups in total. The van der Waals surface area contributed by atoms with E-state index in [0.717, 1.165) is 11.6 Å². The highest BCUT2D eigenvalue weighted by Gasteiger charge is 2.46. The van der Waals surface area contributed by atoms with Crippen LogP contribution < -0.4 is 5.73 Å². The number of hydrogen-bond acceptors (Lipinski definition) is 4. The molecule has 2 aromatic rings. The van der Waals surface area contributed by atoms with Crippen LogP contribution in [0.4, 0.5) is 8.78 Å². The average Bonchev–Trinajstić information content (AvgIpc) is 2.63. The molecule has 4 atom stereocenters. The molecule has 27 heavy (non-hydrogen) atoms. The number of rotatable bonds is 6. The summed E-state index contributed by atoms with van der Waals surface area (Å²) in [5.74, 6) is -1.85. The van der Waals surface area contributed by atoms with E-state index in [1.165, 1.54) is 12.1 Å². The molecule has 0 bridgehead atoms. The number of ether oxygens (including phenoxy) is 2. The van der Waals surface area contributed by atoms with Crippen molar-refractivity contribution in [2.45, 2.75) is 37.7 Å². The Morgan fingerprint density at radius 2 is 2.00 bits per heavy atom. The first-order chi connectivity index (χ1) is 12.9. The van der Waals surface area contributed by atoms with Gasteiger partial charge in [0.15, 0.2) is 0 Å². The van der Waals surface area contributed by atoms with Gasteiger partial charge in [-0.2, -0.15) is 0 Å². The standard InChI is InChI=1S/C21H25F2NO3/c1-14(25)19-10-17(12-26-11-15-5-3-2-4-6-15)27-13-21(19,24)18-8-7-16(22)9-20(18)23/h2-9,14,17,19,25H,10-13,24H2,1H3. The number of aliphatic hydroxyl groups is 1. The molecule has 1 aliphatic rings. The normalized spacial score (nSPS) is 26.7. The van der Waals surface area contributed by atoms with Gasteiger partial charge in [0, 0.05) is 17.5 Å². The fourth-order valence-corrected chi connectivity index (χ4v) is 3.69. The Hall–Kier alpha value is -1.86. The summed E-state index contributed by atoms with van der Waals surface area (Å²) < 4.78 is 39.1. The van der Waals surface area contributed by atoms with Crippen LogP contribution in [-0.4, -0.2) is 30.5 Å². The van der Waals surface area contributed by atoms with Crippen molar-refractivity contribution in [1.82, 2.24) is 0 Å². The van der Waals surface area contributed by atoms with E-state index >= 15 is 0 Å². The van der Waals surface area contributed by atoms with E-state index in [1.807, 2.05) is 30.3 Å². The lowest BCUT2D eigenvalue weighted by Gasteiger charge is -2.45. The van der Waals surface area contributed by atoms with Crippen molar-refractivity contribution in [2.24, 2.45) is 11.7 Å². The van der Waals surface area contributed by atoms with E-state index < -0.39 is 29.2 Å². The third-order valence-corrected chi connectivity index (χ3v) is 5.17. The maximum Gasteiger partial charge on any atom is 0.131 e. The van der Waals surface area contributed by atoms with E-state index in [-0.39, 0.29) is 18.3 Å². The molecule has 1 heterocycles. The minimum atomic E-state index is -1.23. The second-order valence-electron chi connectivity index (χ2n) is 7.18. The topological polar surface area (TPSA) is 64.7 Å². The molecule has 6 heteroatoms. The van der Waals surface area contributed by atoms with Crippen molar-refractivity contribution in [2.75, 3.05) is 13.2 Å². The van der Waals surface area contributed by atoms with Gasteiger partial charge in [0.25, 0.3) is 0 Å². The van der Waals surface area contributed by atoms with Gasteiger partial charge >= 0.3 is 0 Å². The van der Waals surface area contributed by atoms with Gasteiger partial charge in [0.2, 0.25) is 0 Å². The van der Waals surface area contributed by atoms with Crippen LogP contribution in [0.2, 0.25) is 0 Å². The highest BCUT2D eigenvalue weighted by Crippen LogP contribution is 2.39. The second-order valence-corrected chi connectivity index (χ2v) is 7.18. The van der Waals surface area contributed by atoms with Crippen LogP contribution >= 0.6 is 0 Å². The number of nitrogens with two attached hydrogens (primary N) is 1. The molecular formula is C21H25F2NO3. The summed E-state index contributed by atoms with van der Waals surface area (Å²) in [4.78, 5) is 0. The van der Waals surface area contributed by atoms with Crippen LogP contribution in [0.5, 0.6) is 0 Å². The van der Waals surface area contributed by atoms with Crippen LogP contribution in [0.1, 0.15) is 24.5 Å². The summed E-state index contributed by atoms with van der Waals surface area (Å²) in [5, 5.41) is 10.3.